The zero-order chi connectivity index (χ0) is 15.1. The van der Waals surface area contributed by atoms with Crippen molar-refractivity contribution in [2.45, 2.75) is 39.7 Å². The van der Waals surface area contributed by atoms with Crippen LogP contribution < -0.4 is 0 Å². The van der Waals surface area contributed by atoms with Crippen molar-refractivity contribution in [1.29, 1.82) is 0 Å². The molecule has 0 N–H and O–H groups in total. The van der Waals surface area contributed by atoms with E-state index < -0.39 is 0 Å². The van der Waals surface area contributed by atoms with Gasteiger partial charge in [-0.1, -0.05) is 0 Å². The average molecular weight is 304 g/mol. The van der Waals surface area contributed by atoms with Gasteiger partial charge >= 0.3 is 0 Å². The maximum Gasteiger partial charge on any atom is 0.266 e. The first-order valence-corrected chi connectivity index (χ1v) is 8.04. The molecule has 3 heterocycles. The number of hydrogen-bond donors (Lipinski definition) is 0. The van der Waals surface area contributed by atoms with E-state index in [1.165, 1.54) is 11.3 Å². The Morgan fingerprint density at radius 1 is 1.33 bits per heavy atom. The maximum atomic E-state index is 12.8. The Hall–Kier alpha value is -1.69. The van der Waals surface area contributed by atoms with Crippen LogP contribution >= 0.6 is 11.3 Å². The summed E-state index contributed by atoms with van der Waals surface area (Å²) in [6.07, 6.45) is 4.02. The quantitative estimate of drug-likeness (QED) is 0.857. The van der Waals surface area contributed by atoms with Gasteiger partial charge in [-0.2, -0.15) is 0 Å². The van der Waals surface area contributed by atoms with Crippen molar-refractivity contribution in [2.24, 2.45) is 7.05 Å². The Labute approximate surface area is 128 Å². The molecule has 0 aromatic carbocycles. The topological polar surface area (TPSA) is 51.0 Å². The highest BCUT2D eigenvalue weighted by molar-refractivity contribution is 7.13. The summed E-state index contributed by atoms with van der Waals surface area (Å²) in [6.45, 7) is 6.64. The zero-order valence-corrected chi connectivity index (χ0v) is 13.7. The third-order valence-electron chi connectivity index (χ3n) is 3.94. The summed E-state index contributed by atoms with van der Waals surface area (Å²) in [5.74, 6) is 1.08. The highest BCUT2D eigenvalue weighted by Crippen LogP contribution is 2.33. The molecular weight excluding hydrogens is 284 g/mol. The lowest BCUT2D eigenvalue weighted by molar-refractivity contribution is 0.0732. The number of rotatable bonds is 2. The number of hydrogen-bond acceptors (Lipinski definition) is 4. The van der Waals surface area contributed by atoms with Gasteiger partial charge in [0.2, 0.25) is 0 Å². The van der Waals surface area contributed by atoms with Crippen LogP contribution in [0, 0.1) is 20.8 Å². The molecule has 0 aliphatic carbocycles. The molecule has 1 unspecified atom stereocenters. The molecule has 1 aliphatic heterocycles. The molecule has 0 spiro atoms. The van der Waals surface area contributed by atoms with Crippen LogP contribution in [0.1, 0.15) is 50.8 Å². The number of nitrogens with zero attached hydrogens (tertiary/aromatic N) is 4. The molecule has 5 nitrogen and oxygen atoms in total. The van der Waals surface area contributed by atoms with E-state index in [9.17, 15) is 4.79 Å². The fourth-order valence-electron chi connectivity index (χ4n) is 3.08. The molecule has 2 aromatic heterocycles. The summed E-state index contributed by atoms with van der Waals surface area (Å²) in [5.41, 5.74) is 1.83. The normalized spacial score (nSPS) is 18.5. The van der Waals surface area contributed by atoms with Crippen LogP contribution in [0.4, 0.5) is 0 Å². The van der Waals surface area contributed by atoms with Crippen molar-refractivity contribution in [3.63, 3.8) is 0 Å². The van der Waals surface area contributed by atoms with Gasteiger partial charge in [-0.15, -0.1) is 11.3 Å². The fourth-order valence-corrected chi connectivity index (χ4v) is 3.96. The fraction of sp³-hybridized carbons (Fsp3) is 0.533. The van der Waals surface area contributed by atoms with Gasteiger partial charge in [0, 0.05) is 19.8 Å². The number of carbonyl (C=O) groups is 1. The SMILES string of the molecule is Cc1cn(C)c(C2CCCN2C(=O)c2sc(C)nc2C)n1. The maximum absolute atomic E-state index is 12.8. The lowest BCUT2D eigenvalue weighted by atomic mass is 10.2. The molecule has 2 aromatic rings. The van der Waals surface area contributed by atoms with E-state index in [1.807, 2.05) is 43.5 Å². The Bertz CT molecular complexity index is 688. The van der Waals surface area contributed by atoms with Crippen molar-refractivity contribution in [2.75, 3.05) is 6.54 Å². The highest BCUT2D eigenvalue weighted by Gasteiger charge is 2.34. The van der Waals surface area contributed by atoms with Crippen LogP contribution in [0.3, 0.4) is 0 Å². The minimum absolute atomic E-state index is 0.0815. The van der Waals surface area contributed by atoms with Gasteiger partial charge in [0.25, 0.3) is 5.91 Å². The van der Waals surface area contributed by atoms with E-state index in [1.54, 1.807) is 0 Å². The van der Waals surface area contributed by atoms with E-state index in [-0.39, 0.29) is 11.9 Å². The van der Waals surface area contributed by atoms with Crippen LogP contribution in [-0.2, 0) is 7.05 Å². The summed E-state index contributed by atoms with van der Waals surface area (Å²) < 4.78 is 2.04. The first-order chi connectivity index (χ1) is 9.97. The summed E-state index contributed by atoms with van der Waals surface area (Å²) in [4.78, 5) is 24.5. The number of thiazole rings is 1. The summed E-state index contributed by atoms with van der Waals surface area (Å²) in [6, 6.07) is 0.0815. The van der Waals surface area contributed by atoms with Gasteiger partial charge in [-0.25, -0.2) is 9.97 Å². The minimum Gasteiger partial charge on any atom is -0.336 e. The standard InChI is InChI=1S/C15H20N4OS/c1-9-8-18(4)14(16-9)12-6-5-7-19(12)15(20)13-10(2)17-11(3)21-13/h8,12H,5-7H2,1-4H3. The minimum atomic E-state index is 0.0815. The van der Waals surface area contributed by atoms with Gasteiger partial charge < -0.3 is 9.47 Å². The van der Waals surface area contributed by atoms with Crippen molar-refractivity contribution in [3.8, 4) is 0 Å². The number of amides is 1. The molecule has 0 radical (unpaired) electrons. The molecule has 1 atom stereocenters. The van der Waals surface area contributed by atoms with Crippen LogP contribution in [-0.4, -0.2) is 31.9 Å². The second kappa shape index (κ2) is 5.26. The lowest BCUT2D eigenvalue weighted by Crippen LogP contribution is -2.31. The molecular formula is C15H20N4OS. The van der Waals surface area contributed by atoms with Crippen LogP contribution in [0.25, 0.3) is 0 Å². The lowest BCUT2D eigenvalue weighted by Gasteiger charge is -2.24. The van der Waals surface area contributed by atoms with Crippen molar-refractivity contribution in [1.82, 2.24) is 19.4 Å². The van der Waals surface area contributed by atoms with Gasteiger partial charge in [0.1, 0.15) is 10.7 Å². The predicted octanol–water partition coefficient (Wildman–Crippen LogP) is 2.78. The number of aryl methyl sites for hydroxylation is 4. The highest BCUT2D eigenvalue weighted by atomic mass is 32.1. The Morgan fingerprint density at radius 3 is 2.67 bits per heavy atom. The van der Waals surface area contributed by atoms with Gasteiger partial charge in [-0.3, -0.25) is 4.79 Å². The van der Waals surface area contributed by atoms with E-state index in [0.29, 0.717) is 0 Å². The molecule has 6 heteroatoms. The average Bonchev–Trinajstić information content (AvgIpc) is 3.08. The molecule has 1 aliphatic rings. The Morgan fingerprint density at radius 2 is 2.10 bits per heavy atom. The number of likely N-dealkylation sites (tertiary alicyclic amines) is 1. The van der Waals surface area contributed by atoms with Crippen LogP contribution in [0.15, 0.2) is 6.20 Å². The van der Waals surface area contributed by atoms with Gasteiger partial charge in [-0.05, 0) is 33.6 Å². The van der Waals surface area contributed by atoms with Gasteiger partial charge in [0.05, 0.1) is 22.4 Å². The summed E-state index contributed by atoms with van der Waals surface area (Å²) in [5, 5.41) is 0.944. The third kappa shape index (κ3) is 2.48. The monoisotopic (exact) mass is 304 g/mol. The van der Waals surface area contributed by atoms with Gasteiger partial charge in [0.15, 0.2) is 0 Å². The molecule has 112 valence electrons. The Balaban J connectivity index is 1.92. The molecule has 0 bridgehead atoms. The third-order valence-corrected chi connectivity index (χ3v) is 5.00. The smallest absolute Gasteiger partial charge is 0.266 e. The molecule has 0 saturated carbocycles. The number of carbonyl (C=O) groups excluding carboxylic acids is 1. The molecule has 1 fully saturated rings. The molecule has 21 heavy (non-hydrogen) atoms. The summed E-state index contributed by atoms with van der Waals surface area (Å²) >= 11 is 1.49. The first-order valence-electron chi connectivity index (χ1n) is 7.22. The van der Waals surface area contributed by atoms with E-state index in [0.717, 1.165) is 46.5 Å². The van der Waals surface area contributed by atoms with E-state index in [4.69, 9.17) is 0 Å². The largest absolute Gasteiger partial charge is 0.336 e. The van der Waals surface area contributed by atoms with Crippen molar-refractivity contribution < 1.29 is 4.79 Å². The van der Waals surface area contributed by atoms with Crippen LogP contribution in [0.5, 0.6) is 0 Å². The summed E-state index contributed by atoms with van der Waals surface area (Å²) in [7, 11) is 2.00. The zero-order valence-electron chi connectivity index (χ0n) is 12.9. The van der Waals surface area contributed by atoms with Crippen molar-refractivity contribution >= 4 is 17.2 Å². The predicted molar refractivity (Wildman–Crippen MR) is 82.5 cm³/mol. The number of imidazole rings is 1. The first kappa shape index (κ1) is 14.3. The number of aromatic nitrogens is 3. The second-order valence-corrected chi connectivity index (χ2v) is 6.86. The molecule has 1 saturated heterocycles. The molecule has 3 rings (SSSR count). The molecule has 1 amide bonds. The van der Waals surface area contributed by atoms with E-state index >= 15 is 0 Å². The second-order valence-electron chi connectivity index (χ2n) is 5.66. The van der Waals surface area contributed by atoms with Crippen LogP contribution in [0.2, 0.25) is 0 Å². The Kier molecular flexibility index (Phi) is 3.57. The van der Waals surface area contributed by atoms with E-state index in [2.05, 4.69) is 9.97 Å². The van der Waals surface area contributed by atoms with Crippen molar-refractivity contribution in [3.05, 3.63) is 33.3 Å².